The number of rotatable bonds is 3. The molecule has 2 aromatic heterocycles. The van der Waals surface area contributed by atoms with Crippen LogP contribution in [0.15, 0.2) is 12.3 Å². The largest absolute Gasteiger partial charge is 0.318 e. The Morgan fingerprint density at radius 2 is 1.95 bits per heavy atom. The van der Waals surface area contributed by atoms with E-state index in [1.807, 2.05) is 4.57 Å². The number of carbonyl (C=O) groups excluding carboxylic acids is 1. The lowest BCUT2D eigenvalue weighted by Gasteiger charge is -2.27. The second-order valence-electron chi connectivity index (χ2n) is 5.86. The maximum absolute atomic E-state index is 12.5. The zero-order chi connectivity index (χ0) is 15.9. The van der Waals surface area contributed by atoms with E-state index in [-0.39, 0.29) is 11.9 Å². The summed E-state index contributed by atoms with van der Waals surface area (Å²) in [7, 11) is 16.7. The van der Waals surface area contributed by atoms with E-state index < -0.39 is 10.9 Å². The molecule has 1 aliphatic carbocycles. The van der Waals surface area contributed by atoms with E-state index in [0.717, 1.165) is 31.2 Å². The van der Waals surface area contributed by atoms with Gasteiger partial charge in [-0.3, -0.25) is 4.79 Å². The first kappa shape index (κ1) is 15.7. The number of Topliss-reactive ketones (excluding diaryl/α,β-unsaturated/α-hetero) is 1. The summed E-state index contributed by atoms with van der Waals surface area (Å²) in [5.74, 6) is -0.413. The molecule has 8 heteroatoms. The van der Waals surface area contributed by atoms with Gasteiger partial charge in [-0.05, 0) is 12.8 Å². The number of hydrogen-bond donors (Lipinski definition) is 0. The molecule has 6 radical (unpaired) electrons. The molecule has 0 atom stereocenters. The van der Waals surface area contributed by atoms with Crippen molar-refractivity contribution in [3.05, 3.63) is 23.2 Å². The lowest BCUT2D eigenvalue weighted by atomic mass is 9.41. The monoisotopic (exact) mass is 307 g/mol. The van der Waals surface area contributed by atoms with Gasteiger partial charge in [0.15, 0.2) is 11.6 Å². The molecular weight excluding hydrogens is 294 g/mol. The molecule has 0 aromatic carbocycles. The van der Waals surface area contributed by atoms with Gasteiger partial charge in [-0.25, -0.2) is 9.97 Å². The highest BCUT2D eigenvalue weighted by Gasteiger charge is 2.30. The van der Waals surface area contributed by atoms with Gasteiger partial charge in [-0.2, -0.15) is 0 Å². The van der Waals surface area contributed by atoms with E-state index in [1.165, 1.54) is 6.42 Å². The Balaban J connectivity index is 2.19. The second-order valence-corrected chi connectivity index (χ2v) is 6.24. The van der Waals surface area contributed by atoms with Gasteiger partial charge in [0.1, 0.15) is 10.7 Å². The average Bonchev–Trinajstić information content (AvgIpc) is 2.84. The van der Waals surface area contributed by atoms with Crippen molar-refractivity contribution in [3.63, 3.8) is 0 Å². The molecule has 0 saturated heterocycles. The molecule has 0 unspecified atom stereocenters. The molecule has 0 bridgehead atoms. The molecule has 0 N–H and O–H groups in total. The highest BCUT2D eigenvalue weighted by molar-refractivity contribution is 6.69. The quantitative estimate of drug-likeness (QED) is 0.497. The highest BCUT2D eigenvalue weighted by Crippen LogP contribution is 2.34. The predicted molar refractivity (Wildman–Crippen MR) is 88.9 cm³/mol. The third kappa shape index (κ3) is 2.83. The van der Waals surface area contributed by atoms with Crippen LogP contribution < -0.4 is 0 Å². The van der Waals surface area contributed by atoms with Crippen molar-refractivity contribution < 1.29 is 4.79 Å². The van der Waals surface area contributed by atoms with Crippen molar-refractivity contribution in [1.29, 1.82) is 0 Å². The fraction of sp³-hybridized carbons (Fsp3) is 0.500. The van der Waals surface area contributed by atoms with Crippen molar-refractivity contribution >= 4 is 52.0 Å². The number of hydrogen-bond acceptors (Lipinski definition) is 3. The van der Waals surface area contributed by atoms with Crippen LogP contribution in [0.5, 0.6) is 0 Å². The Labute approximate surface area is 138 Å². The van der Waals surface area contributed by atoms with Gasteiger partial charge in [0.2, 0.25) is 0 Å². The first-order valence-corrected chi connectivity index (χ1v) is 7.70. The van der Waals surface area contributed by atoms with Crippen molar-refractivity contribution in [2.24, 2.45) is 0 Å². The zero-order valence-electron chi connectivity index (χ0n) is 12.1. The molecule has 1 saturated carbocycles. The molecule has 2 aromatic rings. The van der Waals surface area contributed by atoms with E-state index in [0.29, 0.717) is 10.7 Å². The van der Waals surface area contributed by atoms with Crippen LogP contribution in [0.1, 0.15) is 48.8 Å². The Morgan fingerprint density at radius 3 is 2.59 bits per heavy atom. The standard InChI is InChI=1S/C14H13B3ClN3O/c15-14(16,17)12(22)13-20-9-7-19-11(18)6-10(9)21(13)8-4-2-1-3-5-8/h6-8H,1-5H2. The summed E-state index contributed by atoms with van der Waals surface area (Å²) in [5.41, 5.74) is 1.35. The SMILES string of the molecule is [B]C([B])([B])C(=O)c1nc2cnc(Cl)cc2n1C1CCCCC1. The van der Waals surface area contributed by atoms with Crippen LogP contribution >= 0.6 is 11.6 Å². The smallest absolute Gasteiger partial charge is 0.179 e. The highest BCUT2D eigenvalue weighted by atomic mass is 35.5. The van der Waals surface area contributed by atoms with E-state index in [9.17, 15) is 4.79 Å². The van der Waals surface area contributed by atoms with Crippen LogP contribution in [0.4, 0.5) is 0 Å². The molecule has 0 amide bonds. The number of pyridine rings is 1. The molecule has 106 valence electrons. The van der Waals surface area contributed by atoms with Gasteiger partial charge in [0.25, 0.3) is 0 Å². The molecule has 2 heterocycles. The fourth-order valence-electron chi connectivity index (χ4n) is 3.04. The van der Waals surface area contributed by atoms with E-state index in [4.69, 9.17) is 35.1 Å². The Morgan fingerprint density at radius 1 is 1.27 bits per heavy atom. The summed E-state index contributed by atoms with van der Waals surface area (Å²) in [6, 6.07) is 1.87. The number of imidazole rings is 1. The van der Waals surface area contributed by atoms with E-state index in [1.54, 1.807) is 12.3 Å². The maximum atomic E-state index is 12.5. The first-order valence-electron chi connectivity index (χ1n) is 7.33. The van der Waals surface area contributed by atoms with Gasteiger partial charge >= 0.3 is 0 Å². The number of fused-ring (bicyclic) bond motifs is 1. The molecule has 1 aliphatic rings. The molecule has 1 fully saturated rings. The van der Waals surface area contributed by atoms with Crippen molar-refractivity contribution in [2.75, 3.05) is 0 Å². The topological polar surface area (TPSA) is 47.8 Å². The summed E-state index contributed by atoms with van der Waals surface area (Å²) in [6.07, 6.45) is 6.89. The van der Waals surface area contributed by atoms with Crippen molar-refractivity contribution in [1.82, 2.24) is 14.5 Å². The maximum Gasteiger partial charge on any atom is 0.179 e. The van der Waals surface area contributed by atoms with Gasteiger partial charge in [-0.1, -0.05) is 36.0 Å². The normalized spacial score (nSPS) is 17.0. The van der Waals surface area contributed by atoms with Crippen LogP contribution in [-0.2, 0) is 0 Å². The number of halogens is 1. The molecule has 3 rings (SSSR count). The van der Waals surface area contributed by atoms with Crippen LogP contribution in [0, 0.1) is 0 Å². The van der Waals surface area contributed by atoms with Gasteiger partial charge in [0.05, 0.1) is 35.3 Å². The Hall–Kier alpha value is -1.23. The third-order valence-corrected chi connectivity index (χ3v) is 4.29. The minimum Gasteiger partial charge on any atom is -0.318 e. The van der Waals surface area contributed by atoms with Crippen LogP contribution in [0.2, 0.25) is 10.3 Å². The van der Waals surface area contributed by atoms with E-state index >= 15 is 0 Å². The summed E-state index contributed by atoms with van der Waals surface area (Å²) in [4.78, 5) is 20.8. The fourth-order valence-corrected chi connectivity index (χ4v) is 3.19. The average molecular weight is 307 g/mol. The van der Waals surface area contributed by atoms with Crippen molar-refractivity contribution in [2.45, 2.75) is 43.3 Å². The van der Waals surface area contributed by atoms with Crippen LogP contribution in [0.25, 0.3) is 11.0 Å². The minimum atomic E-state index is -1.95. The Kier molecular flexibility index (Phi) is 4.10. The molecular formula is C14H13B3ClN3O. The lowest BCUT2D eigenvalue weighted by Crippen LogP contribution is -2.29. The van der Waals surface area contributed by atoms with E-state index in [2.05, 4.69) is 9.97 Å². The second kappa shape index (κ2) is 5.76. The zero-order valence-corrected chi connectivity index (χ0v) is 12.9. The first-order chi connectivity index (χ1) is 10.4. The molecule has 4 nitrogen and oxygen atoms in total. The summed E-state index contributed by atoms with van der Waals surface area (Å²) >= 11 is 6.00. The number of nitrogens with zero attached hydrogens (tertiary/aromatic N) is 3. The van der Waals surface area contributed by atoms with Gasteiger partial charge < -0.3 is 4.57 Å². The number of aromatic nitrogens is 3. The summed E-state index contributed by atoms with van der Waals surface area (Å²) in [5, 5.41) is -1.60. The summed E-state index contributed by atoms with van der Waals surface area (Å²) in [6.45, 7) is 0. The van der Waals surface area contributed by atoms with Gasteiger partial charge in [0, 0.05) is 12.1 Å². The number of carbonyl (C=O) groups is 1. The van der Waals surface area contributed by atoms with Gasteiger partial charge in [-0.15, -0.1) is 0 Å². The Bertz CT molecular complexity index is 720. The molecule has 22 heavy (non-hydrogen) atoms. The molecule has 0 aliphatic heterocycles. The van der Waals surface area contributed by atoms with Crippen molar-refractivity contribution in [3.8, 4) is 0 Å². The lowest BCUT2D eigenvalue weighted by molar-refractivity contribution is 0.0976. The summed E-state index contributed by atoms with van der Waals surface area (Å²) < 4.78 is 1.88. The number of ketones is 1. The molecule has 0 spiro atoms. The third-order valence-electron chi connectivity index (χ3n) is 4.08. The van der Waals surface area contributed by atoms with Crippen LogP contribution in [-0.4, -0.2) is 43.9 Å². The van der Waals surface area contributed by atoms with Crippen LogP contribution in [0.3, 0.4) is 0 Å². The predicted octanol–water partition coefficient (Wildman–Crippen LogP) is 2.35. The minimum absolute atomic E-state index is 0.165.